The number of aromatic nitrogens is 3. The molecule has 2 rings (SSSR count). The molecule has 0 aliphatic carbocycles. The van der Waals surface area contributed by atoms with Crippen molar-refractivity contribution in [2.24, 2.45) is 0 Å². The summed E-state index contributed by atoms with van der Waals surface area (Å²) in [6, 6.07) is 5.44. The summed E-state index contributed by atoms with van der Waals surface area (Å²) in [6.07, 6.45) is 1.67. The Morgan fingerprint density at radius 2 is 2.00 bits per heavy atom. The van der Waals surface area contributed by atoms with E-state index in [1.54, 1.807) is 18.3 Å². The molecule has 16 heavy (non-hydrogen) atoms. The zero-order chi connectivity index (χ0) is 11.5. The summed E-state index contributed by atoms with van der Waals surface area (Å²) < 4.78 is 1.44. The van der Waals surface area contributed by atoms with Crippen molar-refractivity contribution in [3.8, 4) is 0 Å². The number of nitrogens with zero attached hydrogens (tertiary/aromatic N) is 4. The highest BCUT2D eigenvalue weighted by Crippen LogP contribution is 2.05. The van der Waals surface area contributed by atoms with E-state index in [1.807, 2.05) is 24.8 Å². The molecule has 0 spiro atoms. The van der Waals surface area contributed by atoms with Gasteiger partial charge in [0.25, 0.3) is 0 Å². The molecule has 84 valence electrons. The van der Waals surface area contributed by atoms with Crippen LogP contribution < -0.4 is 10.6 Å². The predicted molar refractivity (Wildman–Crippen MR) is 62.8 cm³/mol. The Morgan fingerprint density at radius 1 is 1.25 bits per heavy atom. The Morgan fingerprint density at radius 3 is 2.69 bits per heavy atom. The Labute approximate surface area is 93.4 Å². The molecular formula is C11H14N4O. The lowest BCUT2D eigenvalue weighted by molar-refractivity contribution is 0.800. The number of pyridine rings is 1. The number of hydrogen-bond acceptors (Lipinski definition) is 4. The van der Waals surface area contributed by atoms with Crippen molar-refractivity contribution in [2.45, 2.75) is 13.8 Å². The molecule has 2 heterocycles. The largest absolute Gasteiger partial charge is 0.356 e. The van der Waals surface area contributed by atoms with E-state index in [0.717, 1.165) is 13.1 Å². The first kappa shape index (κ1) is 10.6. The standard InChI is InChI=1S/C11H14N4O/c1-3-14(4-2)10-12-9-7-5-6-8-15(9)11(16)13-10/h5-8H,3-4H2,1-2H3. The molecule has 0 radical (unpaired) electrons. The Kier molecular flexibility index (Phi) is 2.85. The summed E-state index contributed by atoms with van der Waals surface area (Å²) in [4.78, 5) is 22.0. The fourth-order valence-corrected chi connectivity index (χ4v) is 1.60. The minimum absolute atomic E-state index is 0.285. The van der Waals surface area contributed by atoms with Crippen LogP contribution in [0.2, 0.25) is 0 Å². The van der Waals surface area contributed by atoms with E-state index in [4.69, 9.17) is 0 Å². The van der Waals surface area contributed by atoms with E-state index in [2.05, 4.69) is 9.97 Å². The maximum Gasteiger partial charge on any atom is 0.356 e. The minimum atomic E-state index is -0.285. The Balaban J connectivity index is 2.62. The topological polar surface area (TPSA) is 50.5 Å². The van der Waals surface area contributed by atoms with Gasteiger partial charge < -0.3 is 4.90 Å². The summed E-state index contributed by atoms with van der Waals surface area (Å²) in [5.41, 5.74) is 0.344. The van der Waals surface area contributed by atoms with E-state index in [-0.39, 0.29) is 5.69 Å². The van der Waals surface area contributed by atoms with Crippen molar-refractivity contribution >= 4 is 11.6 Å². The SMILES string of the molecule is CCN(CC)c1nc(=O)n2ccccc2n1. The van der Waals surface area contributed by atoms with Gasteiger partial charge in [0.1, 0.15) is 5.65 Å². The van der Waals surface area contributed by atoms with Crippen LogP contribution in [0.3, 0.4) is 0 Å². The van der Waals surface area contributed by atoms with Crippen molar-refractivity contribution in [3.63, 3.8) is 0 Å². The summed E-state index contributed by atoms with van der Waals surface area (Å²) in [5.74, 6) is 0.501. The summed E-state index contributed by atoms with van der Waals surface area (Å²) in [7, 11) is 0. The quantitative estimate of drug-likeness (QED) is 0.769. The lowest BCUT2D eigenvalue weighted by Gasteiger charge is -2.17. The van der Waals surface area contributed by atoms with Gasteiger partial charge >= 0.3 is 5.69 Å². The van der Waals surface area contributed by atoms with E-state index >= 15 is 0 Å². The van der Waals surface area contributed by atoms with Gasteiger partial charge in [-0.3, -0.25) is 4.40 Å². The fourth-order valence-electron chi connectivity index (χ4n) is 1.60. The van der Waals surface area contributed by atoms with Crippen LogP contribution in [-0.2, 0) is 0 Å². The van der Waals surface area contributed by atoms with Crippen LogP contribution in [0.5, 0.6) is 0 Å². The van der Waals surface area contributed by atoms with Gasteiger partial charge in [-0.05, 0) is 26.0 Å². The third kappa shape index (κ3) is 1.76. The van der Waals surface area contributed by atoms with Crippen molar-refractivity contribution < 1.29 is 0 Å². The van der Waals surface area contributed by atoms with Crippen molar-refractivity contribution in [1.29, 1.82) is 0 Å². The van der Waals surface area contributed by atoms with Crippen LogP contribution in [0.15, 0.2) is 29.2 Å². The highest BCUT2D eigenvalue weighted by Gasteiger charge is 2.08. The third-order valence-corrected chi connectivity index (χ3v) is 2.50. The van der Waals surface area contributed by atoms with Gasteiger partial charge in [-0.2, -0.15) is 9.97 Å². The maximum atomic E-state index is 11.7. The molecule has 5 heteroatoms. The van der Waals surface area contributed by atoms with Crippen LogP contribution in [-0.4, -0.2) is 27.5 Å². The normalized spacial score (nSPS) is 10.6. The van der Waals surface area contributed by atoms with Gasteiger partial charge in [0.15, 0.2) is 0 Å². The predicted octanol–water partition coefficient (Wildman–Crippen LogP) is 0.936. The zero-order valence-corrected chi connectivity index (χ0v) is 9.42. The number of rotatable bonds is 3. The second kappa shape index (κ2) is 4.30. The average Bonchev–Trinajstić information content (AvgIpc) is 2.31. The molecule has 0 saturated heterocycles. The van der Waals surface area contributed by atoms with Gasteiger partial charge in [0.2, 0.25) is 5.95 Å². The van der Waals surface area contributed by atoms with Gasteiger partial charge in [-0.15, -0.1) is 0 Å². The van der Waals surface area contributed by atoms with Crippen LogP contribution in [0, 0.1) is 0 Å². The molecule has 0 amide bonds. The summed E-state index contributed by atoms with van der Waals surface area (Å²) in [6.45, 7) is 5.61. The van der Waals surface area contributed by atoms with Crippen molar-refractivity contribution in [3.05, 3.63) is 34.9 Å². The fraction of sp³-hybridized carbons (Fsp3) is 0.364. The van der Waals surface area contributed by atoms with Gasteiger partial charge in [-0.1, -0.05) is 6.07 Å². The molecule has 0 fully saturated rings. The lowest BCUT2D eigenvalue weighted by Crippen LogP contribution is -2.29. The molecule has 0 aliphatic rings. The molecule has 5 nitrogen and oxygen atoms in total. The second-order valence-electron chi connectivity index (χ2n) is 3.41. The van der Waals surface area contributed by atoms with E-state index < -0.39 is 0 Å². The van der Waals surface area contributed by atoms with Crippen LogP contribution >= 0.6 is 0 Å². The van der Waals surface area contributed by atoms with E-state index in [9.17, 15) is 4.79 Å². The van der Waals surface area contributed by atoms with Crippen molar-refractivity contribution in [1.82, 2.24) is 14.4 Å². The number of hydrogen-bond donors (Lipinski definition) is 0. The monoisotopic (exact) mass is 218 g/mol. The number of fused-ring (bicyclic) bond motifs is 1. The first-order chi connectivity index (χ1) is 7.76. The molecule has 0 unspecified atom stereocenters. The molecule has 2 aromatic heterocycles. The summed E-state index contributed by atoms with van der Waals surface area (Å²) in [5, 5.41) is 0. The van der Waals surface area contributed by atoms with Crippen LogP contribution in [0.4, 0.5) is 5.95 Å². The molecule has 0 saturated carbocycles. The summed E-state index contributed by atoms with van der Waals surface area (Å²) >= 11 is 0. The van der Waals surface area contributed by atoms with Gasteiger partial charge in [0, 0.05) is 19.3 Å². The van der Waals surface area contributed by atoms with Gasteiger partial charge in [0.05, 0.1) is 0 Å². The minimum Gasteiger partial charge on any atom is -0.341 e. The zero-order valence-electron chi connectivity index (χ0n) is 9.42. The highest BCUT2D eigenvalue weighted by atomic mass is 16.1. The first-order valence-corrected chi connectivity index (χ1v) is 5.36. The molecule has 0 N–H and O–H groups in total. The molecule has 0 aromatic carbocycles. The van der Waals surface area contributed by atoms with Crippen LogP contribution in [0.1, 0.15) is 13.8 Å². The lowest BCUT2D eigenvalue weighted by atomic mass is 10.4. The Hall–Kier alpha value is -1.91. The van der Waals surface area contributed by atoms with E-state index in [0.29, 0.717) is 11.6 Å². The molecule has 0 aliphatic heterocycles. The van der Waals surface area contributed by atoms with Gasteiger partial charge in [-0.25, -0.2) is 4.79 Å². The van der Waals surface area contributed by atoms with Crippen molar-refractivity contribution in [2.75, 3.05) is 18.0 Å². The average molecular weight is 218 g/mol. The maximum absolute atomic E-state index is 11.7. The molecular weight excluding hydrogens is 204 g/mol. The number of anilines is 1. The molecule has 0 bridgehead atoms. The third-order valence-electron chi connectivity index (χ3n) is 2.50. The molecule has 2 aromatic rings. The smallest absolute Gasteiger partial charge is 0.341 e. The van der Waals surface area contributed by atoms with E-state index in [1.165, 1.54) is 4.40 Å². The Bertz CT molecular complexity index is 545. The second-order valence-corrected chi connectivity index (χ2v) is 3.41. The highest BCUT2D eigenvalue weighted by molar-refractivity contribution is 5.43. The first-order valence-electron chi connectivity index (χ1n) is 5.36. The molecule has 0 atom stereocenters. The van der Waals surface area contributed by atoms with Crippen LogP contribution in [0.25, 0.3) is 5.65 Å².